The van der Waals surface area contributed by atoms with Crippen LogP contribution in [0, 0.1) is 0 Å². The molecule has 18 heteroatoms. The number of nitrogens with zero attached hydrogens (tertiary/aromatic N) is 9. The monoisotopic (exact) mass is 545 g/mol. The minimum Gasteiger partial charge on any atom is -0.369 e. The maximum Gasteiger partial charge on any atom is 0.459 e. The summed E-state index contributed by atoms with van der Waals surface area (Å²) >= 11 is 0. The molecule has 4 heterocycles. The van der Waals surface area contributed by atoms with E-state index in [0.717, 1.165) is 4.68 Å². The Morgan fingerprint density at radius 3 is 2.41 bits per heavy atom. The lowest BCUT2D eigenvalue weighted by Crippen LogP contribution is -2.34. The normalized spacial score (nSPS) is 15.9. The molecule has 4 aromatic heterocycles. The number of aliphatic hydroxyl groups is 1. The zero-order valence-corrected chi connectivity index (χ0v) is 19.8. The molecule has 4 aromatic rings. The molecule has 0 unspecified atom stereocenters. The van der Waals surface area contributed by atoms with Crippen molar-refractivity contribution in [1.82, 2.24) is 44.9 Å². The standard InChI is InChI=1S/C19H16F5N9O3S/c1-3-37(35,36)11-6-9(14-29-30-31-33(14)17(34)4-5-17)8-25-13(11)16-26-10-7-12(18(20,21)19(22,23)24)27-28-15(10)32(16)2/h6-8,34H,3-5H2,1-2H3. The predicted molar refractivity (Wildman–Crippen MR) is 113 cm³/mol. The van der Waals surface area contributed by atoms with E-state index in [2.05, 4.69) is 35.7 Å². The number of aromatic nitrogens is 9. The van der Waals surface area contributed by atoms with Gasteiger partial charge in [-0.1, -0.05) is 6.92 Å². The maximum absolute atomic E-state index is 13.8. The van der Waals surface area contributed by atoms with Crippen LogP contribution in [0.4, 0.5) is 22.0 Å². The summed E-state index contributed by atoms with van der Waals surface area (Å²) in [5.41, 5.74) is -3.56. The van der Waals surface area contributed by atoms with E-state index in [0.29, 0.717) is 18.9 Å². The number of rotatable bonds is 6. The Morgan fingerprint density at radius 2 is 1.78 bits per heavy atom. The van der Waals surface area contributed by atoms with Crippen molar-refractivity contribution < 1.29 is 35.5 Å². The number of sulfone groups is 1. The van der Waals surface area contributed by atoms with Crippen molar-refractivity contribution >= 4 is 21.0 Å². The van der Waals surface area contributed by atoms with E-state index < -0.39 is 33.4 Å². The Labute approximate surface area is 204 Å². The molecule has 1 fully saturated rings. The van der Waals surface area contributed by atoms with Gasteiger partial charge >= 0.3 is 12.1 Å². The van der Waals surface area contributed by atoms with E-state index in [-0.39, 0.29) is 44.7 Å². The maximum atomic E-state index is 13.8. The second kappa shape index (κ2) is 7.91. The van der Waals surface area contributed by atoms with Crippen molar-refractivity contribution in [1.29, 1.82) is 0 Å². The molecule has 0 amide bonds. The minimum atomic E-state index is -5.91. The van der Waals surface area contributed by atoms with Crippen LogP contribution in [0.3, 0.4) is 0 Å². The highest BCUT2D eigenvalue weighted by Gasteiger charge is 2.60. The number of alkyl halides is 5. The second-order valence-electron chi connectivity index (χ2n) is 8.38. The fourth-order valence-corrected chi connectivity index (χ4v) is 4.65. The zero-order chi connectivity index (χ0) is 27.0. The van der Waals surface area contributed by atoms with E-state index in [1.54, 1.807) is 0 Å². The van der Waals surface area contributed by atoms with E-state index in [4.69, 9.17) is 0 Å². The van der Waals surface area contributed by atoms with Crippen LogP contribution in [-0.4, -0.2) is 70.4 Å². The van der Waals surface area contributed by atoms with E-state index in [1.807, 2.05) is 0 Å². The third kappa shape index (κ3) is 3.90. The van der Waals surface area contributed by atoms with Crippen molar-refractivity contribution in [3.63, 3.8) is 0 Å². The van der Waals surface area contributed by atoms with Crippen molar-refractivity contribution in [2.24, 2.45) is 7.05 Å². The van der Waals surface area contributed by atoms with Gasteiger partial charge in [-0.25, -0.2) is 13.4 Å². The number of pyridine rings is 1. The van der Waals surface area contributed by atoms with E-state index in [1.165, 1.54) is 30.8 Å². The first-order valence-corrected chi connectivity index (χ1v) is 12.2. The summed E-state index contributed by atoms with van der Waals surface area (Å²) < 4.78 is 94.3. The fourth-order valence-electron chi connectivity index (χ4n) is 3.59. The van der Waals surface area contributed by atoms with E-state index >= 15 is 0 Å². The molecule has 0 atom stereocenters. The number of hydrogen-bond acceptors (Lipinski definition) is 10. The molecule has 5 rings (SSSR count). The molecule has 0 aromatic carbocycles. The van der Waals surface area contributed by atoms with E-state index in [9.17, 15) is 35.5 Å². The van der Waals surface area contributed by atoms with Gasteiger partial charge < -0.3 is 9.67 Å². The first-order valence-electron chi connectivity index (χ1n) is 10.6. The van der Waals surface area contributed by atoms with Crippen LogP contribution >= 0.6 is 0 Å². The Balaban J connectivity index is 1.68. The Hall–Kier alpha value is -3.67. The Kier molecular flexibility index (Phi) is 5.35. The van der Waals surface area contributed by atoms with Crippen molar-refractivity contribution in [3.05, 3.63) is 24.0 Å². The molecule has 196 valence electrons. The smallest absolute Gasteiger partial charge is 0.369 e. The van der Waals surface area contributed by atoms with Crippen LogP contribution in [0.5, 0.6) is 0 Å². The van der Waals surface area contributed by atoms with Gasteiger partial charge in [0.2, 0.25) is 0 Å². The topological polar surface area (TPSA) is 154 Å². The van der Waals surface area contributed by atoms with Gasteiger partial charge in [-0.05, 0) is 22.6 Å². The molecule has 0 radical (unpaired) electrons. The molecule has 0 spiro atoms. The van der Waals surface area contributed by atoms with Gasteiger partial charge in [0.05, 0.1) is 10.6 Å². The molecule has 1 aliphatic carbocycles. The molecular formula is C19H16F5N9O3S. The minimum absolute atomic E-state index is 0.0569. The molecule has 37 heavy (non-hydrogen) atoms. The fraction of sp³-hybridized carbons (Fsp3) is 0.421. The van der Waals surface area contributed by atoms with Gasteiger partial charge in [-0.2, -0.15) is 26.6 Å². The summed E-state index contributed by atoms with van der Waals surface area (Å²) in [6.07, 6.45) is -3.89. The average Bonchev–Trinajstić information content (AvgIpc) is 3.26. The lowest BCUT2D eigenvalue weighted by atomic mass is 10.2. The van der Waals surface area contributed by atoms with Crippen LogP contribution < -0.4 is 0 Å². The van der Waals surface area contributed by atoms with Gasteiger partial charge in [0.25, 0.3) is 0 Å². The highest BCUT2D eigenvalue weighted by atomic mass is 32.2. The van der Waals surface area contributed by atoms with Crippen LogP contribution in [0.2, 0.25) is 0 Å². The van der Waals surface area contributed by atoms with Crippen LogP contribution in [-0.2, 0) is 28.5 Å². The molecule has 0 saturated heterocycles. The van der Waals surface area contributed by atoms with Gasteiger partial charge in [0, 0.05) is 31.6 Å². The van der Waals surface area contributed by atoms with Gasteiger partial charge in [0.15, 0.2) is 32.9 Å². The molecule has 1 aliphatic rings. The zero-order valence-electron chi connectivity index (χ0n) is 18.9. The number of fused-ring (bicyclic) bond motifs is 1. The third-order valence-corrected chi connectivity index (χ3v) is 7.63. The number of halogens is 5. The molecular weight excluding hydrogens is 529 g/mol. The summed E-state index contributed by atoms with van der Waals surface area (Å²) in [5, 5.41) is 28.0. The Morgan fingerprint density at radius 1 is 1.08 bits per heavy atom. The highest BCUT2D eigenvalue weighted by molar-refractivity contribution is 7.91. The number of hydrogen-bond donors (Lipinski definition) is 1. The molecule has 1 saturated carbocycles. The highest BCUT2D eigenvalue weighted by Crippen LogP contribution is 2.44. The molecule has 12 nitrogen and oxygen atoms in total. The largest absolute Gasteiger partial charge is 0.459 e. The van der Waals surface area contributed by atoms with Crippen LogP contribution in [0.15, 0.2) is 23.2 Å². The lowest BCUT2D eigenvalue weighted by Gasteiger charge is -2.17. The molecule has 0 bridgehead atoms. The summed E-state index contributed by atoms with van der Waals surface area (Å²) in [7, 11) is -2.64. The van der Waals surface area contributed by atoms with Crippen molar-refractivity contribution in [3.8, 4) is 22.9 Å². The predicted octanol–water partition coefficient (Wildman–Crippen LogP) is 1.97. The SMILES string of the molecule is CCS(=O)(=O)c1cc(-c2nnnn2C2(O)CC2)cnc1-c1nc2cc(C(F)(F)C(F)(F)F)nnc2n1C. The summed E-state index contributed by atoms with van der Waals surface area (Å²) in [6, 6.07) is 1.66. The molecule has 0 aliphatic heterocycles. The van der Waals surface area contributed by atoms with Gasteiger partial charge in [0.1, 0.15) is 16.9 Å². The first-order chi connectivity index (χ1) is 17.2. The van der Waals surface area contributed by atoms with Crippen molar-refractivity contribution in [2.45, 2.75) is 42.5 Å². The first kappa shape index (κ1) is 25.0. The summed E-state index contributed by atoms with van der Waals surface area (Å²) in [4.78, 5) is 7.93. The number of imidazole rings is 1. The second-order valence-corrected chi connectivity index (χ2v) is 10.6. The quantitative estimate of drug-likeness (QED) is 0.356. The van der Waals surface area contributed by atoms with Gasteiger partial charge in [-0.3, -0.25) is 4.98 Å². The van der Waals surface area contributed by atoms with Gasteiger partial charge in [-0.15, -0.1) is 15.3 Å². The Bertz CT molecular complexity index is 1640. The van der Waals surface area contributed by atoms with Crippen molar-refractivity contribution in [2.75, 3.05) is 5.75 Å². The summed E-state index contributed by atoms with van der Waals surface area (Å²) in [5.74, 6) is -5.75. The third-order valence-electron chi connectivity index (χ3n) is 5.89. The van der Waals surface area contributed by atoms with Crippen LogP contribution in [0.25, 0.3) is 34.1 Å². The van der Waals surface area contributed by atoms with Crippen LogP contribution in [0.1, 0.15) is 25.5 Å². The number of tetrazole rings is 1. The average molecular weight is 545 g/mol. The molecule has 1 N–H and O–H groups in total. The number of aryl methyl sites for hydroxylation is 1. The summed E-state index contributed by atoms with van der Waals surface area (Å²) in [6.45, 7) is 1.38. The lowest BCUT2D eigenvalue weighted by molar-refractivity contribution is -0.291.